The molecule has 0 unspecified atom stereocenters. The molecule has 1 N–H and O–H groups in total. The molecule has 2 aliphatic rings. The molecule has 2 amide bonds. The van der Waals surface area contributed by atoms with E-state index >= 15 is 0 Å². The van der Waals surface area contributed by atoms with Gasteiger partial charge < -0.3 is 14.6 Å². The molecule has 1 saturated heterocycles. The predicted octanol–water partition coefficient (Wildman–Crippen LogP) is 1.12. The molecule has 8 heteroatoms. The fourth-order valence-electron chi connectivity index (χ4n) is 3.83. The van der Waals surface area contributed by atoms with Crippen LogP contribution in [-0.4, -0.2) is 51.0 Å². The molecule has 0 spiro atoms. The Labute approximate surface area is 158 Å². The lowest BCUT2D eigenvalue weighted by Crippen LogP contribution is -2.44. The molecule has 0 saturated carbocycles. The van der Waals surface area contributed by atoms with Crippen LogP contribution in [0.5, 0.6) is 0 Å². The van der Waals surface area contributed by atoms with Gasteiger partial charge in [-0.25, -0.2) is 0 Å². The van der Waals surface area contributed by atoms with E-state index in [-0.39, 0.29) is 17.9 Å². The first-order chi connectivity index (χ1) is 13.1. The SMILES string of the molecule is CN(Cc1ccoc1)Cc1cc2n(n1)CCCN(C(=O)[C@@H]1CCC(=O)N1)C2. The third-order valence-electron chi connectivity index (χ3n) is 5.13. The summed E-state index contributed by atoms with van der Waals surface area (Å²) in [6, 6.07) is 3.68. The van der Waals surface area contributed by atoms with Crippen molar-refractivity contribution in [2.24, 2.45) is 0 Å². The minimum atomic E-state index is -0.368. The third kappa shape index (κ3) is 4.05. The van der Waals surface area contributed by atoms with Crippen LogP contribution in [0.15, 0.2) is 29.1 Å². The lowest BCUT2D eigenvalue weighted by Gasteiger charge is -2.23. The standard InChI is InChI=1S/C19H25N5O3/c1-22(10-14-5-8-27-13-14)11-15-9-16-12-23(6-2-7-24(16)21-15)19(26)17-3-4-18(25)20-17/h5,8-9,13,17H,2-4,6-7,10-12H2,1H3,(H,20,25)/t17-/m0/s1. The Hall–Kier alpha value is -2.61. The Morgan fingerprint density at radius 2 is 2.30 bits per heavy atom. The van der Waals surface area contributed by atoms with Gasteiger partial charge in [-0.3, -0.25) is 19.2 Å². The largest absolute Gasteiger partial charge is 0.472 e. The maximum absolute atomic E-state index is 12.7. The first-order valence-corrected chi connectivity index (χ1v) is 9.42. The van der Waals surface area contributed by atoms with E-state index in [9.17, 15) is 9.59 Å². The number of carbonyl (C=O) groups is 2. The normalized spacial score (nSPS) is 19.9. The highest BCUT2D eigenvalue weighted by molar-refractivity contribution is 5.90. The van der Waals surface area contributed by atoms with Gasteiger partial charge in [-0.05, 0) is 32.0 Å². The van der Waals surface area contributed by atoms with Crippen molar-refractivity contribution in [3.63, 3.8) is 0 Å². The van der Waals surface area contributed by atoms with Gasteiger partial charge in [0.1, 0.15) is 6.04 Å². The number of nitrogens with one attached hydrogen (secondary N) is 1. The summed E-state index contributed by atoms with van der Waals surface area (Å²) in [6.45, 7) is 3.58. The van der Waals surface area contributed by atoms with Crippen LogP contribution in [0.3, 0.4) is 0 Å². The maximum atomic E-state index is 12.7. The zero-order valence-electron chi connectivity index (χ0n) is 15.6. The monoisotopic (exact) mass is 371 g/mol. The van der Waals surface area contributed by atoms with E-state index in [1.807, 2.05) is 15.6 Å². The predicted molar refractivity (Wildman–Crippen MR) is 97.3 cm³/mol. The van der Waals surface area contributed by atoms with Crippen molar-refractivity contribution >= 4 is 11.8 Å². The van der Waals surface area contributed by atoms with Crippen LogP contribution in [0, 0.1) is 0 Å². The number of aromatic nitrogens is 2. The van der Waals surface area contributed by atoms with Crippen LogP contribution >= 0.6 is 0 Å². The van der Waals surface area contributed by atoms with E-state index in [0.717, 1.165) is 43.0 Å². The number of nitrogens with zero attached hydrogens (tertiary/aromatic N) is 4. The summed E-state index contributed by atoms with van der Waals surface area (Å²) < 4.78 is 7.13. The van der Waals surface area contributed by atoms with E-state index in [0.29, 0.717) is 25.9 Å². The summed E-state index contributed by atoms with van der Waals surface area (Å²) in [7, 11) is 2.05. The first-order valence-electron chi connectivity index (χ1n) is 9.42. The van der Waals surface area contributed by atoms with E-state index in [2.05, 4.69) is 23.3 Å². The van der Waals surface area contributed by atoms with Gasteiger partial charge in [-0.15, -0.1) is 0 Å². The van der Waals surface area contributed by atoms with Gasteiger partial charge in [0.15, 0.2) is 0 Å². The highest BCUT2D eigenvalue weighted by atomic mass is 16.3. The Bertz CT molecular complexity index is 813. The zero-order valence-corrected chi connectivity index (χ0v) is 15.6. The molecule has 144 valence electrons. The lowest BCUT2D eigenvalue weighted by molar-refractivity contribution is -0.134. The Balaban J connectivity index is 1.40. The molecule has 1 fully saturated rings. The van der Waals surface area contributed by atoms with Crippen molar-refractivity contribution in [3.05, 3.63) is 41.6 Å². The highest BCUT2D eigenvalue weighted by Crippen LogP contribution is 2.18. The number of furan rings is 1. The minimum absolute atomic E-state index is 0.0223. The van der Waals surface area contributed by atoms with Gasteiger partial charge in [-0.2, -0.15) is 5.10 Å². The average molecular weight is 371 g/mol. The van der Waals surface area contributed by atoms with E-state index in [1.165, 1.54) is 0 Å². The van der Waals surface area contributed by atoms with Crippen LogP contribution < -0.4 is 5.32 Å². The van der Waals surface area contributed by atoms with E-state index < -0.39 is 0 Å². The second-order valence-corrected chi connectivity index (χ2v) is 7.43. The molecule has 8 nitrogen and oxygen atoms in total. The second kappa shape index (κ2) is 7.56. The lowest BCUT2D eigenvalue weighted by atomic mass is 10.2. The van der Waals surface area contributed by atoms with Gasteiger partial charge in [0.05, 0.1) is 30.5 Å². The summed E-state index contributed by atoms with van der Waals surface area (Å²) in [5, 5.41) is 7.51. The number of hydrogen-bond acceptors (Lipinski definition) is 5. The molecule has 2 aromatic heterocycles. The van der Waals surface area contributed by atoms with Gasteiger partial charge in [0.25, 0.3) is 0 Å². The van der Waals surface area contributed by atoms with Crippen LogP contribution in [-0.2, 0) is 35.8 Å². The van der Waals surface area contributed by atoms with Crippen molar-refractivity contribution in [1.82, 2.24) is 24.9 Å². The molecule has 0 aliphatic carbocycles. The first kappa shape index (κ1) is 17.8. The molecule has 0 aromatic carbocycles. The summed E-state index contributed by atoms with van der Waals surface area (Å²) in [5.74, 6) is -0.00900. The molecule has 2 aromatic rings. The van der Waals surface area contributed by atoms with E-state index in [1.54, 1.807) is 12.5 Å². The number of amides is 2. The fourth-order valence-corrected chi connectivity index (χ4v) is 3.83. The number of carbonyl (C=O) groups excluding carboxylic acids is 2. The van der Waals surface area contributed by atoms with Crippen molar-refractivity contribution in [2.45, 2.75) is 51.5 Å². The summed E-state index contributed by atoms with van der Waals surface area (Å²) in [5.41, 5.74) is 3.19. The van der Waals surface area contributed by atoms with E-state index in [4.69, 9.17) is 9.52 Å². The molecule has 4 rings (SSSR count). The van der Waals surface area contributed by atoms with Gasteiger partial charge in [0.2, 0.25) is 11.8 Å². The summed E-state index contributed by atoms with van der Waals surface area (Å²) >= 11 is 0. The van der Waals surface area contributed by atoms with Gasteiger partial charge in [0, 0.05) is 38.2 Å². The van der Waals surface area contributed by atoms with Gasteiger partial charge >= 0.3 is 0 Å². The Kier molecular flexibility index (Phi) is 4.98. The zero-order chi connectivity index (χ0) is 18.8. The van der Waals surface area contributed by atoms with Gasteiger partial charge in [-0.1, -0.05) is 0 Å². The average Bonchev–Trinajstić information content (AvgIpc) is 3.34. The van der Waals surface area contributed by atoms with Crippen LogP contribution in [0.25, 0.3) is 0 Å². The molecular weight excluding hydrogens is 346 g/mol. The topological polar surface area (TPSA) is 83.6 Å². The molecule has 27 heavy (non-hydrogen) atoms. The van der Waals surface area contributed by atoms with Crippen LogP contribution in [0.4, 0.5) is 0 Å². The molecule has 2 aliphatic heterocycles. The molecule has 1 atom stereocenters. The quantitative estimate of drug-likeness (QED) is 0.852. The van der Waals surface area contributed by atoms with Crippen molar-refractivity contribution in [3.8, 4) is 0 Å². The van der Waals surface area contributed by atoms with Crippen LogP contribution in [0.1, 0.15) is 36.2 Å². The summed E-state index contributed by atoms with van der Waals surface area (Å²) in [4.78, 5) is 28.2. The molecule has 0 radical (unpaired) electrons. The van der Waals surface area contributed by atoms with Crippen molar-refractivity contribution < 1.29 is 14.0 Å². The third-order valence-corrected chi connectivity index (χ3v) is 5.13. The number of fused-ring (bicyclic) bond motifs is 1. The number of rotatable bonds is 5. The minimum Gasteiger partial charge on any atom is -0.472 e. The van der Waals surface area contributed by atoms with Crippen molar-refractivity contribution in [2.75, 3.05) is 13.6 Å². The second-order valence-electron chi connectivity index (χ2n) is 7.43. The fraction of sp³-hybridized carbons (Fsp3) is 0.526. The number of hydrogen-bond donors (Lipinski definition) is 1. The number of aryl methyl sites for hydroxylation is 1. The van der Waals surface area contributed by atoms with Crippen LogP contribution in [0.2, 0.25) is 0 Å². The Morgan fingerprint density at radius 1 is 1.41 bits per heavy atom. The molecule has 4 heterocycles. The van der Waals surface area contributed by atoms with Crippen molar-refractivity contribution in [1.29, 1.82) is 0 Å². The Morgan fingerprint density at radius 3 is 3.04 bits per heavy atom. The smallest absolute Gasteiger partial charge is 0.245 e. The summed E-state index contributed by atoms with van der Waals surface area (Å²) in [6.07, 6.45) is 5.34. The maximum Gasteiger partial charge on any atom is 0.245 e. The molecule has 0 bridgehead atoms. The highest BCUT2D eigenvalue weighted by Gasteiger charge is 2.32. The molecular formula is C19H25N5O3.